The molecule has 1 aliphatic carbocycles. The Morgan fingerprint density at radius 2 is 1.58 bits per heavy atom. The summed E-state index contributed by atoms with van der Waals surface area (Å²) in [4.78, 5) is 0. The zero-order valence-electron chi connectivity index (χ0n) is 12.8. The number of ether oxygens (including phenoxy) is 1. The van der Waals surface area contributed by atoms with E-state index in [1.807, 2.05) is 0 Å². The fourth-order valence-corrected chi connectivity index (χ4v) is 4.92. The van der Waals surface area contributed by atoms with Crippen LogP contribution in [0, 0.1) is 5.92 Å². The molecule has 0 bridgehead atoms. The minimum atomic E-state index is 0.595. The van der Waals surface area contributed by atoms with E-state index >= 15 is 0 Å². The van der Waals surface area contributed by atoms with Crippen molar-refractivity contribution in [2.75, 3.05) is 26.7 Å². The molecule has 2 heteroatoms. The van der Waals surface area contributed by atoms with E-state index in [0.29, 0.717) is 6.10 Å². The molecule has 0 radical (unpaired) electrons. The quantitative estimate of drug-likeness (QED) is 0.707. The Labute approximate surface area is 119 Å². The molecule has 3 fully saturated rings. The third-order valence-corrected chi connectivity index (χ3v) is 6.11. The molecule has 0 unspecified atom stereocenters. The molecule has 1 saturated carbocycles. The number of piperidine rings is 2. The predicted octanol–water partition coefficient (Wildman–Crippen LogP) is 3.74. The van der Waals surface area contributed by atoms with E-state index in [2.05, 4.69) is 7.05 Å². The van der Waals surface area contributed by atoms with Crippen LogP contribution in [0.25, 0.3) is 0 Å². The maximum atomic E-state index is 6.31. The maximum absolute atomic E-state index is 6.31. The van der Waals surface area contributed by atoms with Gasteiger partial charge in [0.1, 0.15) is 0 Å². The van der Waals surface area contributed by atoms with Crippen molar-refractivity contribution in [1.82, 2.24) is 0 Å². The first kappa shape index (κ1) is 13.9. The second kappa shape index (κ2) is 6.13. The molecule has 2 nitrogen and oxygen atoms in total. The van der Waals surface area contributed by atoms with Gasteiger partial charge in [0.2, 0.25) is 0 Å². The molecule has 3 aliphatic rings. The molecule has 0 aromatic rings. The highest BCUT2D eigenvalue weighted by atomic mass is 16.5. The maximum Gasteiger partial charge on any atom is 0.0939 e. The lowest BCUT2D eigenvalue weighted by atomic mass is 9.82. The molecule has 0 spiro atoms. The molecule has 110 valence electrons. The zero-order chi connectivity index (χ0) is 13.1. The van der Waals surface area contributed by atoms with E-state index in [1.54, 1.807) is 0 Å². The topological polar surface area (TPSA) is 9.23 Å². The van der Waals surface area contributed by atoms with Gasteiger partial charge in [0.25, 0.3) is 0 Å². The van der Waals surface area contributed by atoms with Crippen LogP contribution in [0.2, 0.25) is 0 Å². The number of quaternary nitrogens is 1. The fraction of sp³-hybridized carbons (Fsp3) is 1.00. The monoisotopic (exact) mass is 266 g/mol. The minimum absolute atomic E-state index is 0.595. The summed E-state index contributed by atoms with van der Waals surface area (Å²) in [6.07, 6.45) is 14.7. The summed E-state index contributed by atoms with van der Waals surface area (Å²) in [5.41, 5.74) is 0. The average molecular weight is 266 g/mol. The summed E-state index contributed by atoms with van der Waals surface area (Å²) in [7, 11) is 2.51. The summed E-state index contributed by atoms with van der Waals surface area (Å²) in [5.74, 6) is 0.848. The van der Waals surface area contributed by atoms with Gasteiger partial charge in [0.05, 0.1) is 38.9 Å². The van der Waals surface area contributed by atoms with Gasteiger partial charge in [-0.1, -0.05) is 19.3 Å². The molecule has 0 N–H and O–H groups in total. The molecule has 19 heavy (non-hydrogen) atoms. The predicted molar refractivity (Wildman–Crippen MR) is 79.1 cm³/mol. The van der Waals surface area contributed by atoms with Gasteiger partial charge in [-0.3, -0.25) is 0 Å². The van der Waals surface area contributed by atoms with Crippen LogP contribution in [0.1, 0.15) is 64.2 Å². The lowest BCUT2D eigenvalue weighted by Gasteiger charge is -2.51. The highest BCUT2D eigenvalue weighted by molar-refractivity contribution is 4.79. The van der Waals surface area contributed by atoms with Crippen molar-refractivity contribution in [3.63, 3.8) is 0 Å². The molecular formula is C17H32NO+. The zero-order valence-corrected chi connectivity index (χ0v) is 12.8. The molecule has 0 aromatic heterocycles. The van der Waals surface area contributed by atoms with Crippen LogP contribution >= 0.6 is 0 Å². The van der Waals surface area contributed by atoms with Crippen LogP contribution in [0.5, 0.6) is 0 Å². The van der Waals surface area contributed by atoms with Crippen LogP contribution in [-0.2, 0) is 4.74 Å². The lowest BCUT2D eigenvalue weighted by Crippen LogP contribution is -2.61. The van der Waals surface area contributed by atoms with Gasteiger partial charge < -0.3 is 9.22 Å². The van der Waals surface area contributed by atoms with Crippen molar-refractivity contribution in [3.05, 3.63) is 0 Å². The largest absolute Gasteiger partial charge is 0.378 e. The lowest BCUT2D eigenvalue weighted by molar-refractivity contribution is -0.947. The molecule has 2 aliphatic heterocycles. The first-order valence-electron chi connectivity index (χ1n) is 8.74. The Morgan fingerprint density at radius 1 is 0.842 bits per heavy atom. The number of nitrogens with zero attached hydrogens (tertiary/aromatic N) is 1. The summed E-state index contributed by atoms with van der Waals surface area (Å²) in [6, 6.07) is 0.908. The van der Waals surface area contributed by atoms with Crippen LogP contribution in [0.3, 0.4) is 0 Å². The normalized spacial score (nSPS) is 40.9. The third-order valence-electron chi connectivity index (χ3n) is 6.11. The van der Waals surface area contributed by atoms with Gasteiger partial charge in [-0.25, -0.2) is 0 Å². The standard InChI is InChI=1S/C17H32NO/c1-18-12-6-5-11-17(18)15(8-7-13-18)14-19-16-9-3-2-4-10-16/h15-17H,2-14H2,1H3/q+1/t15-,17-,18-/m1/s1. The van der Waals surface area contributed by atoms with Crippen molar-refractivity contribution >= 4 is 0 Å². The van der Waals surface area contributed by atoms with Gasteiger partial charge in [0, 0.05) is 12.3 Å². The van der Waals surface area contributed by atoms with E-state index in [4.69, 9.17) is 4.74 Å². The first-order chi connectivity index (χ1) is 9.28. The van der Waals surface area contributed by atoms with Crippen molar-refractivity contribution in [2.24, 2.45) is 5.92 Å². The van der Waals surface area contributed by atoms with Gasteiger partial charge in [-0.05, 0) is 38.5 Å². The van der Waals surface area contributed by atoms with Crippen molar-refractivity contribution in [1.29, 1.82) is 0 Å². The Morgan fingerprint density at radius 3 is 2.42 bits per heavy atom. The number of hydrogen-bond acceptors (Lipinski definition) is 1. The number of hydrogen-bond donors (Lipinski definition) is 0. The van der Waals surface area contributed by atoms with E-state index in [-0.39, 0.29) is 0 Å². The summed E-state index contributed by atoms with van der Waals surface area (Å²) < 4.78 is 7.67. The molecular weight excluding hydrogens is 234 g/mol. The molecule has 0 aromatic carbocycles. The Kier molecular flexibility index (Phi) is 4.48. The Balaban J connectivity index is 1.54. The Hall–Kier alpha value is -0.0800. The first-order valence-corrected chi connectivity index (χ1v) is 8.74. The Bertz CT molecular complexity index is 283. The molecule has 2 saturated heterocycles. The van der Waals surface area contributed by atoms with Crippen LogP contribution < -0.4 is 0 Å². The van der Waals surface area contributed by atoms with E-state index in [9.17, 15) is 0 Å². The van der Waals surface area contributed by atoms with Crippen molar-refractivity contribution < 1.29 is 9.22 Å². The van der Waals surface area contributed by atoms with Gasteiger partial charge in [-0.2, -0.15) is 0 Å². The van der Waals surface area contributed by atoms with Crippen LogP contribution in [0.15, 0.2) is 0 Å². The number of rotatable bonds is 3. The van der Waals surface area contributed by atoms with Gasteiger partial charge >= 0.3 is 0 Å². The second-order valence-corrected chi connectivity index (χ2v) is 7.49. The molecule has 2 heterocycles. The SMILES string of the molecule is C[N@+]12CCCC[C@@H]1[C@@H](COC1CCCCC1)CCC2. The molecule has 3 rings (SSSR count). The third kappa shape index (κ3) is 3.16. The summed E-state index contributed by atoms with van der Waals surface area (Å²) >= 11 is 0. The van der Waals surface area contributed by atoms with Crippen LogP contribution in [0.4, 0.5) is 0 Å². The molecule has 0 amide bonds. The van der Waals surface area contributed by atoms with Crippen molar-refractivity contribution in [3.8, 4) is 0 Å². The van der Waals surface area contributed by atoms with Gasteiger partial charge in [0.15, 0.2) is 0 Å². The number of fused-ring (bicyclic) bond motifs is 1. The fourth-order valence-electron chi connectivity index (χ4n) is 4.92. The van der Waals surface area contributed by atoms with E-state index < -0.39 is 0 Å². The van der Waals surface area contributed by atoms with Crippen LogP contribution in [-0.4, -0.2) is 43.4 Å². The van der Waals surface area contributed by atoms with Gasteiger partial charge in [-0.15, -0.1) is 0 Å². The summed E-state index contributed by atoms with van der Waals surface area (Å²) in [5, 5.41) is 0. The minimum Gasteiger partial charge on any atom is -0.378 e. The highest BCUT2D eigenvalue weighted by Gasteiger charge is 2.43. The smallest absolute Gasteiger partial charge is 0.0939 e. The highest BCUT2D eigenvalue weighted by Crippen LogP contribution is 2.36. The second-order valence-electron chi connectivity index (χ2n) is 7.49. The van der Waals surface area contributed by atoms with Crippen molar-refractivity contribution in [2.45, 2.75) is 76.4 Å². The average Bonchev–Trinajstić information content (AvgIpc) is 2.45. The summed E-state index contributed by atoms with van der Waals surface area (Å²) in [6.45, 7) is 3.90. The van der Waals surface area contributed by atoms with E-state index in [1.165, 1.54) is 81.8 Å². The van der Waals surface area contributed by atoms with E-state index in [0.717, 1.165) is 18.6 Å². The molecule has 3 atom stereocenters.